The molecule has 0 bridgehead atoms. The zero-order valence-electron chi connectivity index (χ0n) is 30.1. The lowest BCUT2D eigenvalue weighted by Crippen LogP contribution is -2.00. The van der Waals surface area contributed by atoms with Crippen LogP contribution in [0.3, 0.4) is 0 Å². The Hall–Kier alpha value is -6.71. The quantitative estimate of drug-likeness (QED) is 0.159. The second-order valence-corrected chi connectivity index (χ2v) is 13.8. The van der Waals surface area contributed by atoms with Crippen LogP contribution in [0.2, 0.25) is 0 Å². The van der Waals surface area contributed by atoms with Gasteiger partial charge in [0.05, 0.1) is 0 Å². The van der Waals surface area contributed by atoms with E-state index < -0.39 is 0 Å². The molecule has 0 aliphatic heterocycles. The van der Waals surface area contributed by atoms with E-state index in [9.17, 15) is 0 Å². The average molecular weight is 694 g/mol. The van der Waals surface area contributed by atoms with E-state index in [1.165, 1.54) is 62.9 Å². The maximum absolute atomic E-state index is 4.97. The van der Waals surface area contributed by atoms with E-state index in [0.717, 1.165) is 35.1 Å². The fraction of sp³-hybridized carbons (Fsp3) is 0.0784. The summed E-state index contributed by atoms with van der Waals surface area (Å²) in [6.07, 6.45) is 7.16. The standard InChI is InChI=1S/C51H39N3/c1-6-18-36(19-7-1)46-34-43(35-47(37-20-8-2-9-21-37)48(46)39-22-10-3-11-23-39)45-29-17-16-28-44(45)38-30-32-42(33-31-38)51-53-49(40-24-12-4-13-25-40)52-50(54-51)41-26-14-5-15-27-41/h1,3-7,10-20,22-35H,2,8-9,21H2. The zero-order valence-corrected chi connectivity index (χ0v) is 30.1. The van der Waals surface area contributed by atoms with Crippen molar-refractivity contribution in [2.24, 2.45) is 0 Å². The van der Waals surface area contributed by atoms with Gasteiger partial charge in [-0.2, -0.15) is 0 Å². The molecule has 0 saturated carbocycles. The van der Waals surface area contributed by atoms with Gasteiger partial charge in [0.2, 0.25) is 0 Å². The molecule has 1 aliphatic rings. The highest BCUT2D eigenvalue weighted by Gasteiger charge is 2.20. The number of allylic oxidation sites excluding steroid dienone is 2. The van der Waals surface area contributed by atoms with Crippen LogP contribution in [0.25, 0.3) is 84.2 Å². The molecule has 1 heterocycles. The van der Waals surface area contributed by atoms with Crippen molar-refractivity contribution in [1.82, 2.24) is 15.0 Å². The average Bonchev–Trinajstić information content (AvgIpc) is 3.27. The molecular weight excluding hydrogens is 655 g/mol. The molecule has 54 heavy (non-hydrogen) atoms. The second-order valence-electron chi connectivity index (χ2n) is 13.8. The van der Waals surface area contributed by atoms with Crippen molar-refractivity contribution < 1.29 is 0 Å². The van der Waals surface area contributed by atoms with E-state index in [2.05, 4.69) is 127 Å². The van der Waals surface area contributed by atoms with E-state index in [0.29, 0.717) is 17.5 Å². The third kappa shape index (κ3) is 6.80. The Balaban J connectivity index is 1.17. The summed E-state index contributed by atoms with van der Waals surface area (Å²) in [7, 11) is 0. The molecule has 0 N–H and O–H groups in total. The minimum absolute atomic E-state index is 0.650. The second kappa shape index (κ2) is 15.1. The Kier molecular flexibility index (Phi) is 9.27. The highest BCUT2D eigenvalue weighted by atomic mass is 15.0. The first-order valence-electron chi connectivity index (χ1n) is 18.8. The van der Waals surface area contributed by atoms with Gasteiger partial charge in [-0.05, 0) is 93.5 Å². The highest BCUT2D eigenvalue weighted by molar-refractivity contribution is 5.97. The van der Waals surface area contributed by atoms with Crippen molar-refractivity contribution in [2.45, 2.75) is 25.7 Å². The van der Waals surface area contributed by atoms with Crippen LogP contribution in [0.5, 0.6) is 0 Å². The van der Waals surface area contributed by atoms with Crippen LogP contribution in [0.4, 0.5) is 0 Å². The number of hydrogen-bond donors (Lipinski definition) is 0. The molecule has 1 aliphatic carbocycles. The molecule has 0 amide bonds. The van der Waals surface area contributed by atoms with Gasteiger partial charge in [0.1, 0.15) is 0 Å². The lowest BCUT2D eigenvalue weighted by Gasteiger charge is -2.23. The van der Waals surface area contributed by atoms with Crippen molar-refractivity contribution in [3.05, 3.63) is 194 Å². The van der Waals surface area contributed by atoms with Gasteiger partial charge in [-0.3, -0.25) is 0 Å². The summed E-state index contributed by atoms with van der Waals surface area (Å²) in [5.41, 5.74) is 15.4. The van der Waals surface area contributed by atoms with Gasteiger partial charge in [0.15, 0.2) is 17.5 Å². The Morgan fingerprint density at radius 2 is 0.722 bits per heavy atom. The van der Waals surface area contributed by atoms with Gasteiger partial charge in [-0.25, -0.2) is 15.0 Å². The van der Waals surface area contributed by atoms with Crippen LogP contribution < -0.4 is 0 Å². The number of benzene rings is 7. The first-order valence-corrected chi connectivity index (χ1v) is 18.8. The third-order valence-corrected chi connectivity index (χ3v) is 10.3. The SMILES string of the molecule is C1=C(c2cc(-c3ccccc3-c3ccc(-c4nc(-c5ccccc5)nc(-c5ccccc5)n4)cc3)cc(-c3ccccc3)c2-c2ccccc2)CCCC1. The summed E-state index contributed by atoms with van der Waals surface area (Å²) in [6.45, 7) is 0. The van der Waals surface area contributed by atoms with E-state index in [4.69, 9.17) is 15.0 Å². The monoisotopic (exact) mass is 693 g/mol. The number of hydrogen-bond acceptors (Lipinski definition) is 3. The predicted octanol–water partition coefficient (Wildman–Crippen LogP) is 13.5. The predicted molar refractivity (Wildman–Crippen MR) is 224 cm³/mol. The minimum atomic E-state index is 0.650. The largest absolute Gasteiger partial charge is 0.208 e. The first-order chi connectivity index (χ1) is 26.8. The van der Waals surface area contributed by atoms with Gasteiger partial charge in [-0.15, -0.1) is 0 Å². The molecule has 8 aromatic rings. The van der Waals surface area contributed by atoms with E-state index >= 15 is 0 Å². The highest BCUT2D eigenvalue weighted by Crippen LogP contribution is 2.45. The molecule has 1 aromatic heterocycles. The van der Waals surface area contributed by atoms with Crippen LogP contribution in [-0.2, 0) is 0 Å². The maximum atomic E-state index is 4.97. The number of rotatable bonds is 8. The Morgan fingerprint density at radius 3 is 1.24 bits per heavy atom. The Morgan fingerprint density at radius 1 is 0.315 bits per heavy atom. The van der Waals surface area contributed by atoms with E-state index in [1.807, 2.05) is 60.7 Å². The summed E-state index contributed by atoms with van der Waals surface area (Å²) in [5, 5.41) is 0. The molecule has 0 atom stereocenters. The van der Waals surface area contributed by atoms with Crippen molar-refractivity contribution in [3.8, 4) is 78.7 Å². The lowest BCUT2D eigenvalue weighted by atomic mass is 9.81. The van der Waals surface area contributed by atoms with Crippen LogP contribution in [0.1, 0.15) is 31.2 Å². The van der Waals surface area contributed by atoms with Crippen LogP contribution in [0, 0.1) is 0 Å². The summed E-state index contributed by atoms with van der Waals surface area (Å²) < 4.78 is 0. The third-order valence-electron chi connectivity index (χ3n) is 10.3. The van der Waals surface area contributed by atoms with E-state index in [1.54, 1.807) is 0 Å². The van der Waals surface area contributed by atoms with Gasteiger partial charge in [0.25, 0.3) is 0 Å². The molecule has 0 spiro atoms. The molecule has 0 unspecified atom stereocenters. The van der Waals surface area contributed by atoms with Crippen molar-refractivity contribution in [3.63, 3.8) is 0 Å². The molecule has 0 radical (unpaired) electrons. The van der Waals surface area contributed by atoms with Crippen molar-refractivity contribution in [2.75, 3.05) is 0 Å². The molecule has 9 rings (SSSR count). The minimum Gasteiger partial charge on any atom is -0.208 e. The molecule has 0 fully saturated rings. The fourth-order valence-electron chi connectivity index (χ4n) is 7.62. The molecule has 258 valence electrons. The smallest absolute Gasteiger partial charge is 0.164 e. The molecular formula is C51H39N3. The molecule has 3 nitrogen and oxygen atoms in total. The Bertz CT molecular complexity index is 2500. The van der Waals surface area contributed by atoms with E-state index in [-0.39, 0.29) is 0 Å². The molecule has 3 heteroatoms. The lowest BCUT2D eigenvalue weighted by molar-refractivity contribution is 0.742. The summed E-state index contributed by atoms with van der Waals surface area (Å²) in [6, 6.07) is 64.3. The summed E-state index contributed by atoms with van der Waals surface area (Å²) in [5.74, 6) is 1.97. The summed E-state index contributed by atoms with van der Waals surface area (Å²) >= 11 is 0. The molecule has 7 aromatic carbocycles. The summed E-state index contributed by atoms with van der Waals surface area (Å²) in [4.78, 5) is 14.8. The fourth-order valence-corrected chi connectivity index (χ4v) is 7.62. The number of nitrogens with zero attached hydrogens (tertiary/aromatic N) is 3. The molecule has 0 saturated heterocycles. The van der Waals surface area contributed by atoms with Gasteiger partial charge in [0, 0.05) is 16.7 Å². The van der Waals surface area contributed by atoms with Crippen LogP contribution in [0.15, 0.2) is 188 Å². The van der Waals surface area contributed by atoms with Crippen LogP contribution in [-0.4, -0.2) is 15.0 Å². The van der Waals surface area contributed by atoms with Crippen molar-refractivity contribution in [1.29, 1.82) is 0 Å². The van der Waals surface area contributed by atoms with Crippen LogP contribution >= 0.6 is 0 Å². The first kappa shape index (κ1) is 33.1. The zero-order chi connectivity index (χ0) is 36.1. The van der Waals surface area contributed by atoms with Gasteiger partial charge in [-0.1, -0.05) is 176 Å². The maximum Gasteiger partial charge on any atom is 0.164 e. The topological polar surface area (TPSA) is 38.7 Å². The van der Waals surface area contributed by atoms with Gasteiger partial charge >= 0.3 is 0 Å². The number of aromatic nitrogens is 3. The Labute approximate surface area is 317 Å². The van der Waals surface area contributed by atoms with Gasteiger partial charge < -0.3 is 0 Å². The normalized spacial score (nSPS) is 12.6. The van der Waals surface area contributed by atoms with Crippen molar-refractivity contribution >= 4 is 5.57 Å².